The molecule has 0 aromatic heterocycles. The molecule has 1 atom stereocenters. The number of aryl methyl sites for hydroxylation is 1. The lowest BCUT2D eigenvalue weighted by Crippen LogP contribution is -2.31. The highest BCUT2D eigenvalue weighted by Gasteiger charge is 2.28. The molecule has 0 bridgehead atoms. The number of amides is 1. The van der Waals surface area contributed by atoms with Crippen molar-refractivity contribution in [2.75, 3.05) is 12.4 Å². The average Bonchev–Trinajstić information content (AvgIpc) is 2.90. The molecule has 5 nitrogen and oxygen atoms in total. The van der Waals surface area contributed by atoms with Gasteiger partial charge in [0, 0.05) is 10.6 Å². The van der Waals surface area contributed by atoms with Crippen LogP contribution < -0.4 is 15.4 Å². The van der Waals surface area contributed by atoms with Crippen molar-refractivity contribution in [1.29, 1.82) is 0 Å². The van der Waals surface area contributed by atoms with Crippen LogP contribution in [-0.4, -0.2) is 23.6 Å². The number of methoxy groups -OCH3 is 1. The fraction of sp³-hybridized carbons (Fsp3) is 0.167. The highest BCUT2D eigenvalue weighted by atomic mass is 35.5. The first kappa shape index (κ1) is 17.5. The number of carbonyl (C=O) groups excluding carboxylic acids is 1. The van der Waals surface area contributed by atoms with Gasteiger partial charge in [-0.2, -0.15) is 0 Å². The van der Waals surface area contributed by atoms with Crippen LogP contribution in [0.3, 0.4) is 0 Å². The van der Waals surface area contributed by atoms with Crippen LogP contribution in [0.4, 0.5) is 5.69 Å². The molecule has 0 radical (unpaired) electrons. The third-order valence-corrected chi connectivity index (χ3v) is 4.91. The Kier molecular flexibility index (Phi) is 5.11. The molecule has 1 heterocycles. The lowest BCUT2D eigenvalue weighted by atomic mass is 10.2. The lowest BCUT2D eigenvalue weighted by Gasteiger charge is -2.16. The van der Waals surface area contributed by atoms with Crippen molar-refractivity contribution in [3.63, 3.8) is 0 Å². The number of carbonyl (C=O) groups is 1. The smallest absolute Gasteiger partial charge is 0.260 e. The molecule has 0 saturated carbocycles. The van der Waals surface area contributed by atoms with Crippen LogP contribution in [0, 0.1) is 6.92 Å². The van der Waals surface area contributed by atoms with Crippen LogP contribution in [-0.2, 0) is 4.79 Å². The summed E-state index contributed by atoms with van der Waals surface area (Å²) in [6, 6.07) is 10.5. The summed E-state index contributed by atoms with van der Waals surface area (Å²) in [4.78, 5) is 12.7. The third-order valence-electron chi connectivity index (χ3n) is 3.65. The number of ether oxygens (including phenoxy) is 1. The average molecular weight is 377 g/mol. The molecular weight excluding hydrogens is 360 g/mol. The van der Waals surface area contributed by atoms with E-state index in [0.29, 0.717) is 21.2 Å². The van der Waals surface area contributed by atoms with E-state index >= 15 is 0 Å². The van der Waals surface area contributed by atoms with E-state index in [9.17, 15) is 9.90 Å². The Morgan fingerprint density at radius 2 is 2.12 bits per heavy atom. The first-order valence-electron chi connectivity index (χ1n) is 7.55. The number of aromatic hydroxyl groups is 1. The standard InChI is InChI=1S/C18H17ClN2O3S/c1-10-3-6-15(24-2)13(7-10)20-18-21-17(23)16(25-18)9-11-8-12(19)4-5-14(11)22/h3-9,18,20,22H,1-2H3,(H,21,23)/b16-9-. The van der Waals surface area contributed by atoms with Crippen LogP contribution >= 0.6 is 23.4 Å². The number of hydrogen-bond acceptors (Lipinski definition) is 5. The molecule has 7 heteroatoms. The van der Waals surface area contributed by atoms with Gasteiger partial charge < -0.3 is 20.5 Å². The summed E-state index contributed by atoms with van der Waals surface area (Å²) >= 11 is 7.28. The number of hydrogen-bond donors (Lipinski definition) is 3. The summed E-state index contributed by atoms with van der Waals surface area (Å²) in [5.74, 6) is 0.556. The second-order valence-electron chi connectivity index (χ2n) is 5.53. The zero-order chi connectivity index (χ0) is 18.0. The monoisotopic (exact) mass is 376 g/mol. The van der Waals surface area contributed by atoms with Gasteiger partial charge in [0.2, 0.25) is 0 Å². The number of phenolic OH excluding ortho intramolecular Hbond substituents is 1. The Balaban J connectivity index is 1.80. The van der Waals surface area contributed by atoms with Gasteiger partial charge >= 0.3 is 0 Å². The molecule has 0 aliphatic carbocycles. The Labute approximate surface area is 155 Å². The maximum Gasteiger partial charge on any atom is 0.260 e. The molecule has 3 N–H and O–H groups in total. The highest BCUT2D eigenvalue weighted by Crippen LogP contribution is 2.34. The maximum absolute atomic E-state index is 12.2. The molecule has 2 aromatic rings. The van der Waals surface area contributed by atoms with Crippen molar-refractivity contribution in [3.05, 3.63) is 57.5 Å². The van der Waals surface area contributed by atoms with Gasteiger partial charge in [-0.15, -0.1) is 0 Å². The van der Waals surface area contributed by atoms with Gasteiger partial charge in [-0.25, -0.2) is 0 Å². The summed E-state index contributed by atoms with van der Waals surface area (Å²) in [6.45, 7) is 1.98. The van der Waals surface area contributed by atoms with Crippen molar-refractivity contribution < 1.29 is 14.6 Å². The fourth-order valence-corrected chi connectivity index (χ4v) is 3.57. The second kappa shape index (κ2) is 7.29. The third kappa shape index (κ3) is 4.03. The highest BCUT2D eigenvalue weighted by molar-refractivity contribution is 8.05. The molecule has 1 amide bonds. The number of phenols is 1. The molecule has 1 fully saturated rings. The number of halogens is 1. The number of nitrogens with one attached hydrogen (secondary N) is 2. The van der Waals surface area contributed by atoms with Crippen molar-refractivity contribution in [2.45, 2.75) is 12.4 Å². The molecule has 3 rings (SSSR count). The Morgan fingerprint density at radius 1 is 1.32 bits per heavy atom. The van der Waals surface area contributed by atoms with Gasteiger partial charge in [0.25, 0.3) is 5.91 Å². The molecule has 0 spiro atoms. The van der Waals surface area contributed by atoms with Crippen LogP contribution in [0.25, 0.3) is 6.08 Å². The molecule has 1 saturated heterocycles. The summed E-state index contributed by atoms with van der Waals surface area (Å²) in [6.07, 6.45) is 1.62. The van der Waals surface area contributed by atoms with Gasteiger partial charge in [0.15, 0.2) is 5.50 Å². The van der Waals surface area contributed by atoms with Gasteiger partial charge in [-0.3, -0.25) is 4.79 Å². The Bertz CT molecular complexity index is 854. The Hall–Kier alpha value is -2.31. The maximum atomic E-state index is 12.2. The largest absolute Gasteiger partial charge is 0.507 e. The summed E-state index contributed by atoms with van der Waals surface area (Å²) in [5.41, 5.74) is 2.04. The van der Waals surface area contributed by atoms with E-state index in [2.05, 4.69) is 10.6 Å². The molecular formula is C18H17ClN2O3S. The lowest BCUT2D eigenvalue weighted by molar-refractivity contribution is -0.116. The van der Waals surface area contributed by atoms with E-state index in [0.717, 1.165) is 11.3 Å². The topological polar surface area (TPSA) is 70.6 Å². The van der Waals surface area contributed by atoms with Crippen molar-refractivity contribution in [1.82, 2.24) is 5.32 Å². The SMILES string of the molecule is COc1ccc(C)cc1NC1NC(=O)/C(=C/c2cc(Cl)ccc2O)S1. The van der Waals surface area contributed by atoms with E-state index in [1.807, 2.05) is 25.1 Å². The number of thioether (sulfide) groups is 1. The molecule has 2 aromatic carbocycles. The number of anilines is 1. The van der Waals surface area contributed by atoms with Crippen LogP contribution in [0.15, 0.2) is 41.3 Å². The van der Waals surface area contributed by atoms with Crippen LogP contribution in [0.2, 0.25) is 5.02 Å². The van der Waals surface area contributed by atoms with Gasteiger partial charge in [-0.1, -0.05) is 29.4 Å². The molecule has 1 aliphatic heterocycles. The van der Waals surface area contributed by atoms with E-state index in [1.165, 1.54) is 17.8 Å². The normalized spacial score (nSPS) is 18.3. The number of rotatable bonds is 4. The van der Waals surface area contributed by atoms with E-state index in [-0.39, 0.29) is 17.2 Å². The van der Waals surface area contributed by atoms with Gasteiger partial charge in [-0.05, 0) is 48.9 Å². The first-order chi connectivity index (χ1) is 12.0. The minimum absolute atomic E-state index is 0.0714. The first-order valence-corrected chi connectivity index (χ1v) is 8.81. The zero-order valence-corrected chi connectivity index (χ0v) is 15.2. The minimum Gasteiger partial charge on any atom is -0.507 e. The number of benzene rings is 2. The van der Waals surface area contributed by atoms with Crippen LogP contribution in [0.1, 0.15) is 11.1 Å². The molecule has 1 unspecified atom stereocenters. The molecule has 130 valence electrons. The predicted octanol–water partition coefficient (Wildman–Crippen LogP) is 3.96. The van der Waals surface area contributed by atoms with Crippen LogP contribution in [0.5, 0.6) is 11.5 Å². The predicted molar refractivity (Wildman–Crippen MR) is 102 cm³/mol. The Morgan fingerprint density at radius 3 is 2.88 bits per heavy atom. The quantitative estimate of drug-likeness (QED) is 0.704. The van der Waals surface area contributed by atoms with Gasteiger partial charge in [0.05, 0.1) is 17.7 Å². The second-order valence-corrected chi connectivity index (χ2v) is 7.11. The molecule has 25 heavy (non-hydrogen) atoms. The van der Waals surface area contributed by atoms with E-state index in [4.69, 9.17) is 16.3 Å². The summed E-state index contributed by atoms with van der Waals surface area (Å²) in [5, 5.41) is 16.5. The summed E-state index contributed by atoms with van der Waals surface area (Å²) < 4.78 is 5.34. The fourth-order valence-electron chi connectivity index (χ4n) is 2.42. The van der Waals surface area contributed by atoms with Crippen molar-refractivity contribution in [2.24, 2.45) is 0 Å². The molecule has 1 aliphatic rings. The van der Waals surface area contributed by atoms with E-state index < -0.39 is 0 Å². The van der Waals surface area contributed by atoms with E-state index in [1.54, 1.807) is 25.3 Å². The van der Waals surface area contributed by atoms with Gasteiger partial charge in [0.1, 0.15) is 11.5 Å². The zero-order valence-electron chi connectivity index (χ0n) is 13.7. The summed E-state index contributed by atoms with van der Waals surface area (Å²) in [7, 11) is 1.60. The van der Waals surface area contributed by atoms with Crippen molar-refractivity contribution in [3.8, 4) is 11.5 Å². The van der Waals surface area contributed by atoms with Crippen molar-refractivity contribution >= 4 is 41.0 Å². The minimum atomic E-state index is -0.337.